The fraction of sp³-hybridized carbons (Fsp3) is 0.611. The lowest BCUT2D eigenvalue weighted by molar-refractivity contribution is -0.128. The molecule has 1 aliphatic rings. The van der Waals surface area contributed by atoms with Gasteiger partial charge in [-0.3, -0.25) is 4.79 Å². The average Bonchev–Trinajstić information content (AvgIpc) is 2.80. The van der Waals surface area contributed by atoms with Crippen LogP contribution in [0.15, 0.2) is 18.2 Å². The molecular formula is C18H28N2O. The number of carbonyl (C=O) groups is 1. The van der Waals surface area contributed by atoms with Crippen molar-refractivity contribution in [3.05, 3.63) is 34.9 Å². The van der Waals surface area contributed by atoms with Crippen LogP contribution in [0.3, 0.4) is 0 Å². The van der Waals surface area contributed by atoms with Gasteiger partial charge in [0.25, 0.3) is 0 Å². The number of rotatable bonds is 6. The van der Waals surface area contributed by atoms with Crippen LogP contribution in [0.1, 0.15) is 48.9 Å². The van der Waals surface area contributed by atoms with Crippen molar-refractivity contribution in [2.24, 2.45) is 5.92 Å². The maximum atomic E-state index is 12.2. The van der Waals surface area contributed by atoms with Crippen LogP contribution in [0.5, 0.6) is 0 Å². The van der Waals surface area contributed by atoms with Crippen LogP contribution in [-0.4, -0.2) is 30.9 Å². The van der Waals surface area contributed by atoms with E-state index in [9.17, 15) is 4.79 Å². The highest BCUT2D eigenvalue weighted by Gasteiger charge is 2.30. The van der Waals surface area contributed by atoms with Crippen LogP contribution in [0.25, 0.3) is 0 Å². The number of hydrogen-bond acceptors (Lipinski definition) is 2. The molecule has 0 saturated carbocycles. The van der Waals surface area contributed by atoms with Crippen molar-refractivity contribution in [1.82, 2.24) is 10.2 Å². The first-order chi connectivity index (χ1) is 10.0. The molecule has 0 bridgehead atoms. The highest BCUT2D eigenvalue weighted by Crippen LogP contribution is 2.25. The summed E-state index contributed by atoms with van der Waals surface area (Å²) in [7, 11) is 1.98. The Hall–Kier alpha value is -1.35. The zero-order valence-electron chi connectivity index (χ0n) is 13.8. The molecule has 1 aromatic carbocycles. The predicted molar refractivity (Wildman–Crippen MR) is 87.3 cm³/mol. The second-order valence-corrected chi connectivity index (χ2v) is 6.34. The van der Waals surface area contributed by atoms with Crippen molar-refractivity contribution in [3.8, 4) is 0 Å². The lowest BCUT2D eigenvalue weighted by atomic mass is 10.0. The summed E-state index contributed by atoms with van der Waals surface area (Å²) in [4.78, 5) is 14.2. The van der Waals surface area contributed by atoms with Crippen LogP contribution < -0.4 is 5.32 Å². The van der Waals surface area contributed by atoms with E-state index in [1.54, 1.807) is 0 Å². The van der Waals surface area contributed by atoms with Crippen LogP contribution >= 0.6 is 0 Å². The molecule has 0 radical (unpaired) electrons. The quantitative estimate of drug-likeness (QED) is 0.871. The van der Waals surface area contributed by atoms with Crippen molar-refractivity contribution < 1.29 is 4.79 Å². The zero-order valence-corrected chi connectivity index (χ0v) is 13.8. The Kier molecular flexibility index (Phi) is 5.40. The molecule has 0 spiro atoms. The van der Waals surface area contributed by atoms with Crippen molar-refractivity contribution in [2.45, 2.75) is 46.1 Å². The summed E-state index contributed by atoms with van der Waals surface area (Å²) in [5.41, 5.74) is 3.89. The number of hydrogen-bond donors (Lipinski definition) is 1. The molecule has 116 valence electrons. The monoisotopic (exact) mass is 288 g/mol. The minimum atomic E-state index is 0.216. The molecule has 21 heavy (non-hydrogen) atoms. The largest absolute Gasteiger partial charge is 0.340 e. The Labute approximate surface area is 128 Å². The fourth-order valence-corrected chi connectivity index (χ4v) is 3.20. The zero-order chi connectivity index (χ0) is 15.4. The SMILES string of the molecule is CCCC1CC(=O)N(CC(NC)c2ccc(C)c(C)c2)C1. The molecule has 1 heterocycles. The first kappa shape index (κ1) is 16.0. The van der Waals surface area contributed by atoms with Crippen LogP contribution in [0.4, 0.5) is 0 Å². The normalized spacial score (nSPS) is 20.1. The van der Waals surface area contributed by atoms with Crippen LogP contribution in [-0.2, 0) is 4.79 Å². The van der Waals surface area contributed by atoms with Gasteiger partial charge < -0.3 is 10.2 Å². The number of aryl methyl sites for hydroxylation is 2. The Morgan fingerprint density at radius 1 is 1.33 bits per heavy atom. The fourth-order valence-electron chi connectivity index (χ4n) is 3.20. The van der Waals surface area contributed by atoms with Gasteiger partial charge in [0, 0.05) is 25.6 Å². The molecule has 0 aromatic heterocycles. The lowest BCUT2D eigenvalue weighted by Gasteiger charge is -2.25. The summed E-state index contributed by atoms with van der Waals surface area (Å²) in [6.07, 6.45) is 3.06. The second kappa shape index (κ2) is 7.08. The number of likely N-dealkylation sites (tertiary alicyclic amines) is 1. The van der Waals surface area contributed by atoms with E-state index in [1.165, 1.54) is 23.1 Å². The molecule has 1 aliphatic heterocycles. The number of carbonyl (C=O) groups excluding carboxylic acids is 1. The standard InChI is InChI=1S/C18H28N2O/c1-5-6-15-10-18(21)20(11-15)12-17(19-4)16-8-7-13(2)14(3)9-16/h7-9,15,17,19H,5-6,10-12H2,1-4H3. The van der Waals surface area contributed by atoms with Gasteiger partial charge in [0.15, 0.2) is 0 Å². The third-order valence-electron chi connectivity index (χ3n) is 4.68. The molecule has 1 N–H and O–H groups in total. The predicted octanol–water partition coefficient (Wildman–Crippen LogP) is 3.21. The van der Waals surface area contributed by atoms with Gasteiger partial charge in [-0.15, -0.1) is 0 Å². The summed E-state index contributed by atoms with van der Waals surface area (Å²) in [5.74, 6) is 0.872. The highest BCUT2D eigenvalue weighted by molar-refractivity contribution is 5.78. The van der Waals surface area contributed by atoms with Crippen LogP contribution in [0.2, 0.25) is 0 Å². The average molecular weight is 288 g/mol. The number of nitrogens with zero attached hydrogens (tertiary/aromatic N) is 1. The molecule has 0 aliphatic carbocycles. The van der Waals surface area contributed by atoms with Crippen molar-refractivity contribution in [1.29, 1.82) is 0 Å². The third-order valence-corrected chi connectivity index (χ3v) is 4.68. The molecular weight excluding hydrogens is 260 g/mol. The Bertz CT molecular complexity index is 498. The van der Waals surface area contributed by atoms with E-state index in [0.717, 1.165) is 25.9 Å². The van der Waals surface area contributed by atoms with Crippen molar-refractivity contribution in [3.63, 3.8) is 0 Å². The van der Waals surface area contributed by atoms with E-state index in [-0.39, 0.29) is 6.04 Å². The Morgan fingerprint density at radius 2 is 2.10 bits per heavy atom. The van der Waals surface area contributed by atoms with Gasteiger partial charge >= 0.3 is 0 Å². The molecule has 3 heteroatoms. The summed E-state index contributed by atoms with van der Waals surface area (Å²) < 4.78 is 0. The topological polar surface area (TPSA) is 32.3 Å². The van der Waals surface area contributed by atoms with E-state index in [1.807, 2.05) is 11.9 Å². The number of likely N-dealkylation sites (N-methyl/N-ethyl adjacent to an activating group) is 1. The van der Waals surface area contributed by atoms with Gasteiger partial charge in [-0.1, -0.05) is 31.5 Å². The Morgan fingerprint density at radius 3 is 2.71 bits per heavy atom. The second-order valence-electron chi connectivity index (χ2n) is 6.34. The smallest absolute Gasteiger partial charge is 0.222 e. The maximum absolute atomic E-state index is 12.2. The van der Waals surface area contributed by atoms with E-state index < -0.39 is 0 Å². The lowest BCUT2D eigenvalue weighted by Crippen LogP contribution is -2.35. The maximum Gasteiger partial charge on any atom is 0.222 e. The molecule has 1 amide bonds. The minimum absolute atomic E-state index is 0.216. The van der Waals surface area contributed by atoms with Crippen LogP contribution in [0, 0.1) is 19.8 Å². The molecule has 1 saturated heterocycles. The van der Waals surface area contributed by atoms with Gasteiger partial charge in [0.05, 0.1) is 0 Å². The van der Waals surface area contributed by atoms with Gasteiger partial charge in [-0.05, 0) is 49.9 Å². The molecule has 1 aromatic rings. The molecule has 1 fully saturated rings. The summed E-state index contributed by atoms with van der Waals surface area (Å²) in [6, 6.07) is 6.79. The highest BCUT2D eigenvalue weighted by atomic mass is 16.2. The van der Waals surface area contributed by atoms with E-state index in [2.05, 4.69) is 44.3 Å². The summed E-state index contributed by atoms with van der Waals surface area (Å²) in [5, 5.41) is 3.37. The summed E-state index contributed by atoms with van der Waals surface area (Å²) in [6.45, 7) is 8.17. The van der Waals surface area contributed by atoms with Gasteiger partial charge in [-0.25, -0.2) is 0 Å². The van der Waals surface area contributed by atoms with Crippen molar-refractivity contribution >= 4 is 5.91 Å². The van der Waals surface area contributed by atoms with E-state index in [4.69, 9.17) is 0 Å². The molecule has 3 nitrogen and oxygen atoms in total. The molecule has 2 atom stereocenters. The van der Waals surface area contributed by atoms with Gasteiger partial charge in [-0.2, -0.15) is 0 Å². The number of benzene rings is 1. The Balaban J connectivity index is 2.05. The van der Waals surface area contributed by atoms with E-state index >= 15 is 0 Å². The summed E-state index contributed by atoms with van der Waals surface area (Å²) >= 11 is 0. The molecule has 2 unspecified atom stereocenters. The van der Waals surface area contributed by atoms with Crippen molar-refractivity contribution in [2.75, 3.05) is 20.1 Å². The van der Waals surface area contributed by atoms with E-state index in [0.29, 0.717) is 11.8 Å². The number of nitrogens with one attached hydrogen (secondary N) is 1. The first-order valence-electron chi connectivity index (χ1n) is 8.07. The molecule has 2 rings (SSSR count). The third kappa shape index (κ3) is 3.85. The van der Waals surface area contributed by atoms with Gasteiger partial charge in [0.2, 0.25) is 5.91 Å². The number of amides is 1. The first-order valence-corrected chi connectivity index (χ1v) is 8.07. The van der Waals surface area contributed by atoms with Gasteiger partial charge in [0.1, 0.15) is 0 Å². The minimum Gasteiger partial charge on any atom is -0.340 e.